The van der Waals surface area contributed by atoms with Gasteiger partial charge in [-0.25, -0.2) is 8.42 Å². The van der Waals surface area contributed by atoms with Gasteiger partial charge in [0.15, 0.2) is 9.84 Å². The number of amides is 2. The Kier molecular flexibility index (Phi) is 10.3. The molecule has 3 aromatic rings. The average Bonchev–Trinajstić information content (AvgIpc) is 2.90. The van der Waals surface area contributed by atoms with E-state index in [-0.39, 0.29) is 30.0 Å². The summed E-state index contributed by atoms with van der Waals surface area (Å²) in [5.41, 5.74) is 1.95. The molecule has 0 heterocycles. The summed E-state index contributed by atoms with van der Waals surface area (Å²) in [5.74, 6) is -2.19. The van der Waals surface area contributed by atoms with E-state index >= 15 is 0 Å². The van der Waals surface area contributed by atoms with Gasteiger partial charge >= 0.3 is 0 Å². The van der Waals surface area contributed by atoms with E-state index in [1.807, 2.05) is 86.6 Å². The third kappa shape index (κ3) is 8.04. The number of benzene rings is 3. The minimum absolute atomic E-state index is 0.219. The van der Waals surface area contributed by atoms with Gasteiger partial charge in [-0.05, 0) is 61.4 Å². The summed E-state index contributed by atoms with van der Waals surface area (Å²) in [7, 11) is -3.62. The Morgan fingerprint density at radius 1 is 0.850 bits per heavy atom. The van der Waals surface area contributed by atoms with Crippen molar-refractivity contribution in [2.75, 3.05) is 5.75 Å². The fourth-order valence-corrected chi connectivity index (χ4v) is 5.92. The van der Waals surface area contributed by atoms with Gasteiger partial charge in [-0.1, -0.05) is 92.7 Å². The van der Waals surface area contributed by atoms with E-state index in [0.717, 1.165) is 21.9 Å². The van der Waals surface area contributed by atoms with Crippen molar-refractivity contribution in [1.29, 1.82) is 0 Å². The number of hydrogen-bond acceptors (Lipinski definition) is 4. The molecule has 0 saturated heterocycles. The Bertz CT molecular complexity index is 1420. The maximum absolute atomic E-state index is 13.8. The van der Waals surface area contributed by atoms with E-state index in [9.17, 15) is 18.0 Å². The van der Waals surface area contributed by atoms with Crippen LogP contribution in [-0.2, 0) is 32.3 Å². The standard InChI is InChI=1S/C33H42N2O4S/c1-7-28(20-24-14-9-8-10-15-24)34-32(37)30(23(2)3)35-31(36)27(22-40(38,39)33(4,5)6)21-26-18-13-17-25-16-11-12-19-29(25)26/h7-19,23,27-28,30H,1,20-22H2,2-6H3,(H,34,37)(H,35,36)/t27?,28-,30+/m1/s1. The predicted molar refractivity (Wildman–Crippen MR) is 164 cm³/mol. The largest absolute Gasteiger partial charge is 0.348 e. The molecular formula is C33H42N2O4S. The van der Waals surface area contributed by atoms with Crippen molar-refractivity contribution >= 4 is 32.4 Å². The number of rotatable bonds is 12. The van der Waals surface area contributed by atoms with Gasteiger partial charge in [0, 0.05) is 0 Å². The third-order valence-electron chi connectivity index (χ3n) is 7.23. The fraction of sp³-hybridized carbons (Fsp3) is 0.394. The van der Waals surface area contributed by atoms with Gasteiger partial charge in [0.2, 0.25) is 11.8 Å². The quantitative estimate of drug-likeness (QED) is 0.294. The number of fused-ring (bicyclic) bond motifs is 1. The molecule has 0 saturated carbocycles. The Morgan fingerprint density at radius 3 is 2.10 bits per heavy atom. The van der Waals surface area contributed by atoms with E-state index < -0.39 is 32.5 Å². The normalized spacial score (nSPS) is 14.3. The van der Waals surface area contributed by atoms with E-state index in [4.69, 9.17) is 0 Å². The summed E-state index contributed by atoms with van der Waals surface area (Å²) >= 11 is 0. The first kappa shape index (κ1) is 31.1. The van der Waals surface area contributed by atoms with Crippen molar-refractivity contribution in [2.45, 2.75) is 64.3 Å². The van der Waals surface area contributed by atoms with Crippen LogP contribution in [0.15, 0.2) is 85.5 Å². The summed E-state index contributed by atoms with van der Waals surface area (Å²) in [6, 6.07) is 22.3. The number of sulfone groups is 1. The lowest BCUT2D eigenvalue weighted by Gasteiger charge is -2.28. The first-order valence-corrected chi connectivity index (χ1v) is 15.4. The van der Waals surface area contributed by atoms with E-state index in [0.29, 0.717) is 6.42 Å². The number of carbonyl (C=O) groups excluding carboxylic acids is 2. The lowest BCUT2D eigenvalue weighted by molar-refractivity contribution is -0.132. The van der Waals surface area contributed by atoms with Crippen LogP contribution in [0.4, 0.5) is 0 Å². The average molecular weight is 563 g/mol. The lowest BCUT2D eigenvalue weighted by Crippen LogP contribution is -2.54. The van der Waals surface area contributed by atoms with Crippen molar-refractivity contribution < 1.29 is 18.0 Å². The molecule has 0 bridgehead atoms. The molecule has 0 aromatic heterocycles. The highest BCUT2D eigenvalue weighted by Gasteiger charge is 2.36. The summed E-state index contributed by atoms with van der Waals surface area (Å²) in [5, 5.41) is 7.89. The van der Waals surface area contributed by atoms with Crippen molar-refractivity contribution in [3.63, 3.8) is 0 Å². The third-order valence-corrected chi connectivity index (χ3v) is 9.94. The van der Waals surface area contributed by atoms with Gasteiger partial charge in [-0.2, -0.15) is 0 Å². The molecule has 3 aromatic carbocycles. The second-order valence-electron chi connectivity index (χ2n) is 11.7. The summed E-state index contributed by atoms with van der Waals surface area (Å²) < 4.78 is 25.5. The fourth-order valence-electron chi connectivity index (χ4n) is 4.62. The van der Waals surface area contributed by atoms with Crippen LogP contribution in [0.25, 0.3) is 10.8 Å². The van der Waals surface area contributed by atoms with Crippen molar-refractivity contribution in [2.24, 2.45) is 11.8 Å². The molecule has 0 aliphatic rings. The summed E-state index contributed by atoms with van der Waals surface area (Å²) in [6.07, 6.45) is 2.49. The van der Waals surface area contributed by atoms with Gasteiger partial charge in [-0.15, -0.1) is 6.58 Å². The molecule has 0 aliphatic carbocycles. The molecule has 40 heavy (non-hydrogen) atoms. The highest BCUT2D eigenvalue weighted by molar-refractivity contribution is 7.92. The van der Waals surface area contributed by atoms with Crippen LogP contribution in [0.2, 0.25) is 0 Å². The van der Waals surface area contributed by atoms with E-state index in [1.165, 1.54) is 0 Å². The molecular weight excluding hydrogens is 520 g/mol. The minimum Gasteiger partial charge on any atom is -0.348 e. The Balaban J connectivity index is 1.85. The summed E-state index contributed by atoms with van der Waals surface area (Å²) in [4.78, 5) is 27.2. The minimum atomic E-state index is -3.62. The van der Waals surface area contributed by atoms with Crippen LogP contribution >= 0.6 is 0 Å². The zero-order valence-electron chi connectivity index (χ0n) is 24.2. The van der Waals surface area contributed by atoms with Crippen LogP contribution < -0.4 is 10.6 Å². The second kappa shape index (κ2) is 13.3. The molecule has 1 unspecified atom stereocenters. The lowest BCUT2D eigenvalue weighted by atomic mass is 9.94. The Labute approximate surface area is 239 Å². The van der Waals surface area contributed by atoms with Crippen molar-refractivity contribution in [1.82, 2.24) is 10.6 Å². The van der Waals surface area contributed by atoms with Gasteiger partial charge in [0.25, 0.3) is 0 Å². The maximum atomic E-state index is 13.8. The van der Waals surface area contributed by atoms with Crippen molar-refractivity contribution in [3.05, 3.63) is 96.6 Å². The van der Waals surface area contributed by atoms with Gasteiger partial charge in [-0.3, -0.25) is 9.59 Å². The molecule has 2 amide bonds. The SMILES string of the molecule is C=C[C@H](Cc1ccccc1)NC(=O)[C@@H](NC(=O)C(Cc1cccc2ccccc12)CS(=O)(=O)C(C)(C)C)C(C)C. The van der Waals surface area contributed by atoms with Gasteiger partial charge in [0.1, 0.15) is 6.04 Å². The van der Waals surface area contributed by atoms with Crippen LogP contribution in [0.5, 0.6) is 0 Å². The van der Waals surface area contributed by atoms with Crippen molar-refractivity contribution in [3.8, 4) is 0 Å². The molecule has 0 radical (unpaired) electrons. The number of nitrogens with one attached hydrogen (secondary N) is 2. The zero-order valence-corrected chi connectivity index (χ0v) is 25.0. The highest BCUT2D eigenvalue weighted by Crippen LogP contribution is 2.25. The maximum Gasteiger partial charge on any atom is 0.243 e. The van der Waals surface area contributed by atoms with Crippen LogP contribution in [0.3, 0.4) is 0 Å². The van der Waals surface area contributed by atoms with E-state index in [1.54, 1.807) is 26.8 Å². The molecule has 3 rings (SSSR count). The molecule has 0 fully saturated rings. The molecule has 2 N–H and O–H groups in total. The molecule has 0 aliphatic heterocycles. The monoisotopic (exact) mass is 562 g/mol. The number of hydrogen-bond donors (Lipinski definition) is 2. The summed E-state index contributed by atoms with van der Waals surface area (Å²) in [6.45, 7) is 12.5. The van der Waals surface area contributed by atoms with Gasteiger partial charge < -0.3 is 10.6 Å². The molecule has 214 valence electrons. The van der Waals surface area contributed by atoms with Crippen LogP contribution in [-0.4, -0.2) is 42.8 Å². The van der Waals surface area contributed by atoms with Crippen LogP contribution in [0.1, 0.15) is 45.7 Å². The molecule has 0 spiro atoms. The first-order chi connectivity index (χ1) is 18.8. The Hall–Kier alpha value is -3.45. The van der Waals surface area contributed by atoms with Crippen LogP contribution in [0, 0.1) is 11.8 Å². The predicted octanol–water partition coefficient (Wildman–Crippen LogP) is 5.27. The molecule has 6 nitrogen and oxygen atoms in total. The number of carbonyl (C=O) groups is 2. The zero-order chi connectivity index (χ0) is 29.5. The van der Waals surface area contributed by atoms with E-state index in [2.05, 4.69) is 17.2 Å². The molecule has 7 heteroatoms. The second-order valence-corrected chi connectivity index (χ2v) is 14.5. The Morgan fingerprint density at radius 2 is 1.48 bits per heavy atom. The van der Waals surface area contributed by atoms with Gasteiger partial charge in [0.05, 0.1) is 22.5 Å². The first-order valence-electron chi connectivity index (χ1n) is 13.8. The topological polar surface area (TPSA) is 92.3 Å². The smallest absolute Gasteiger partial charge is 0.243 e. The molecule has 3 atom stereocenters. The highest BCUT2D eigenvalue weighted by atomic mass is 32.2.